The molecule has 0 spiro atoms. The minimum absolute atomic E-state index is 0.391. The zero-order valence-electron chi connectivity index (χ0n) is 14.7. The molecule has 2 N–H and O–H groups in total. The van der Waals surface area contributed by atoms with E-state index in [1.807, 2.05) is 39.0 Å². The SMILES string of the molecule is CCC(Nc1ccccc1CNC(=O)OC(C)(C)C)C(C)C. The molecule has 0 heterocycles. The van der Waals surface area contributed by atoms with Crippen molar-refractivity contribution in [1.82, 2.24) is 5.32 Å². The Hall–Kier alpha value is -1.71. The van der Waals surface area contributed by atoms with Gasteiger partial charge in [-0.15, -0.1) is 0 Å². The lowest BCUT2D eigenvalue weighted by Gasteiger charge is -2.24. The van der Waals surface area contributed by atoms with Crippen molar-refractivity contribution in [2.45, 2.75) is 66.2 Å². The van der Waals surface area contributed by atoms with Crippen LogP contribution < -0.4 is 10.6 Å². The molecular formula is C18H30N2O2. The smallest absolute Gasteiger partial charge is 0.407 e. The number of ether oxygens (including phenoxy) is 1. The van der Waals surface area contributed by atoms with Crippen LogP contribution in [-0.4, -0.2) is 17.7 Å². The van der Waals surface area contributed by atoms with E-state index in [4.69, 9.17) is 4.74 Å². The van der Waals surface area contributed by atoms with Crippen molar-refractivity contribution < 1.29 is 9.53 Å². The highest BCUT2D eigenvalue weighted by Gasteiger charge is 2.17. The van der Waals surface area contributed by atoms with Crippen molar-refractivity contribution in [3.8, 4) is 0 Å². The predicted molar refractivity (Wildman–Crippen MR) is 92.1 cm³/mol. The van der Waals surface area contributed by atoms with Gasteiger partial charge in [-0.3, -0.25) is 0 Å². The van der Waals surface area contributed by atoms with E-state index in [2.05, 4.69) is 37.5 Å². The topological polar surface area (TPSA) is 50.4 Å². The van der Waals surface area contributed by atoms with Crippen LogP contribution >= 0.6 is 0 Å². The molecule has 22 heavy (non-hydrogen) atoms. The van der Waals surface area contributed by atoms with Gasteiger partial charge in [-0.25, -0.2) is 4.79 Å². The van der Waals surface area contributed by atoms with Gasteiger partial charge in [0.05, 0.1) is 0 Å². The summed E-state index contributed by atoms with van der Waals surface area (Å²) in [5, 5.41) is 6.39. The third-order valence-electron chi connectivity index (χ3n) is 3.42. The van der Waals surface area contributed by atoms with Crippen LogP contribution in [0.5, 0.6) is 0 Å². The molecule has 0 aliphatic heterocycles. The number of para-hydroxylation sites is 1. The Balaban J connectivity index is 2.70. The molecule has 4 heteroatoms. The molecule has 0 saturated carbocycles. The maximum Gasteiger partial charge on any atom is 0.407 e. The molecule has 1 unspecified atom stereocenters. The molecule has 0 bridgehead atoms. The summed E-state index contributed by atoms with van der Waals surface area (Å²) in [7, 11) is 0. The van der Waals surface area contributed by atoms with E-state index in [1.54, 1.807) is 0 Å². The Kier molecular flexibility index (Phi) is 6.72. The van der Waals surface area contributed by atoms with Gasteiger partial charge in [-0.2, -0.15) is 0 Å². The number of rotatable bonds is 6. The zero-order valence-corrected chi connectivity index (χ0v) is 14.7. The summed E-state index contributed by atoms with van der Waals surface area (Å²) in [5.41, 5.74) is 1.65. The lowest BCUT2D eigenvalue weighted by Crippen LogP contribution is -2.32. The standard InChI is InChI=1S/C18H30N2O2/c1-7-15(13(2)3)20-16-11-9-8-10-14(16)12-19-17(21)22-18(4,5)6/h8-11,13,15,20H,7,12H2,1-6H3,(H,19,21). The van der Waals surface area contributed by atoms with Crippen molar-refractivity contribution in [3.63, 3.8) is 0 Å². The number of hydrogen-bond acceptors (Lipinski definition) is 3. The molecule has 0 aliphatic carbocycles. The molecule has 0 saturated heterocycles. The second kappa shape index (κ2) is 8.06. The highest BCUT2D eigenvalue weighted by Crippen LogP contribution is 2.20. The van der Waals surface area contributed by atoms with Crippen LogP contribution in [-0.2, 0) is 11.3 Å². The number of amides is 1. The molecule has 1 aromatic rings. The molecule has 0 aromatic heterocycles. The Labute approximate surface area is 134 Å². The van der Waals surface area contributed by atoms with Crippen molar-refractivity contribution in [2.75, 3.05) is 5.32 Å². The summed E-state index contributed by atoms with van der Waals surface area (Å²) < 4.78 is 5.27. The first-order valence-electron chi connectivity index (χ1n) is 8.04. The van der Waals surface area contributed by atoms with Crippen molar-refractivity contribution in [2.24, 2.45) is 5.92 Å². The summed E-state index contributed by atoms with van der Waals surface area (Å²) in [4.78, 5) is 11.8. The summed E-state index contributed by atoms with van der Waals surface area (Å²) in [5.74, 6) is 0.553. The van der Waals surface area contributed by atoms with Gasteiger partial charge in [0.15, 0.2) is 0 Å². The van der Waals surface area contributed by atoms with Crippen LogP contribution in [0.4, 0.5) is 10.5 Å². The van der Waals surface area contributed by atoms with Gasteiger partial charge in [-0.05, 0) is 44.7 Å². The fourth-order valence-corrected chi connectivity index (χ4v) is 2.24. The van der Waals surface area contributed by atoms with Gasteiger partial charge >= 0.3 is 6.09 Å². The van der Waals surface area contributed by atoms with E-state index in [9.17, 15) is 4.79 Å². The number of nitrogens with one attached hydrogen (secondary N) is 2. The minimum atomic E-state index is -0.479. The quantitative estimate of drug-likeness (QED) is 0.810. The lowest BCUT2D eigenvalue weighted by atomic mass is 10.0. The van der Waals surface area contributed by atoms with Gasteiger partial charge < -0.3 is 15.4 Å². The zero-order chi connectivity index (χ0) is 16.8. The Morgan fingerprint density at radius 3 is 2.41 bits per heavy atom. The number of carbonyl (C=O) groups excluding carboxylic acids is 1. The van der Waals surface area contributed by atoms with Crippen LogP contribution in [0.25, 0.3) is 0 Å². The van der Waals surface area contributed by atoms with E-state index < -0.39 is 11.7 Å². The molecule has 1 atom stereocenters. The van der Waals surface area contributed by atoms with Crippen LogP contribution in [0.15, 0.2) is 24.3 Å². The van der Waals surface area contributed by atoms with E-state index in [1.165, 1.54) is 0 Å². The summed E-state index contributed by atoms with van der Waals surface area (Å²) >= 11 is 0. The van der Waals surface area contributed by atoms with E-state index in [0.717, 1.165) is 17.7 Å². The van der Waals surface area contributed by atoms with Gasteiger partial charge in [0.1, 0.15) is 5.60 Å². The predicted octanol–water partition coefficient (Wildman–Crippen LogP) is 4.56. The lowest BCUT2D eigenvalue weighted by molar-refractivity contribution is 0.0523. The van der Waals surface area contributed by atoms with E-state index in [-0.39, 0.29) is 0 Å². The summed E-state index contributed by atoms with van der Waals surface area (Å²) in [6.45, 7) is 12.6. The number of benzene rings is 1. The highest BCUT2D eigenvalue weighted by atomic mass is 16.6. The fourth-order valence-electron chi connectivity index (χ4n) is 2.24. The van der Waals surface area contributed by atoms with Crippen molar-refractivity contribution in [1.29, 1.82) is 0 Å². The first-order valence-corrected chi connectivity index (χ1v) is 8.04. The Morgan fingerprint density at radius 1 is 1.23 bits per heavy atom. The first kappa shape index (κ1) is 18.3. The largest absolute Gasteiger partial charge is 0.444 e. The van der Waals surface area contributed by atoms with Crippen molar-refractivity contribution >= 4 is 11.8 Å². The molecule has 1 aromatic carbocycles. The Morgan fingerprint density at radius 2 is 1.86 bits per heavy atom. The maximum atomic E-state index is 11.8. The second-order valence-corrected chi connectivity index (χ2v) is 6.92. The van der Waals surface area contributed by atoms with E-state index in [0.29, 0.717) is 18.5 Å². The monoisotopic (exact) mass is 306 g/mol. The maximum absolute atomic E-state index is 11.8. The minimum Gasteiger partial charge on any atom is -0.444 e. The van der Waals surface area contributed by atoms with Gasteiger partial charge in [0.25, 0.3) is 0 Å². The Bertz CT molecular complexity index is 478. The molecule has 0 aliphatic rings. The van der Waals surface area contributed by atoms with Gasteiger partial charge in [-0.1, -0.05) is 39.0 Å². The third kappa shape index (κ3) is 6.37. The van der Waals surface area contributed by atoms with Crippen LogP contribution in [0.2, 0.25) is 0 Å². The molecule has 1 amide bonds. The van der Waals surface area contributed by atoms with Crippen LogP contribution in [0, 0.1) is 5.92 Å². The average Bonchev–Trinajstić information content (AvgIpc) is 2.41. The molecule has 0 radical (unpaired) electrons. The van der Waals surface area contributed by atoms with Gasteiger partial charge in [0, 0.05) is 18.3 Å². The number of alkyl carbamates (subject to hydrolysis) is 1. The fraction of sp³-hybridized carbons (Fsp3) is 0.611. The number of anilines is 1. The number of carbonyl (C=O) groups is 1. The van der Waals surface area contributed by atoms with Crippen LogP contribution in [0.3, 0.4) is 0 Å². The van der Waals surface area contributed by atoms with Gasteiger partial charge in [0.2, 0.25) is 0 Å². The summed E-state index contributed by atoms with van der Waals surface area (Å²) in [6, 6.07) is 8.48. The normalized spacial score (nSPS) is 12.9. The molecule has 0 fully saturated rings. The first-order chi connectivity index (χ1) is 10.2. The second-order valence-electron chi connectivity index (χ2n) is 6.92. The van der Waals surface area contributed by atoms with E-state index >= 15 is 0 Å². The molecular weight excluding hydrogens is 276 g/mol. The average molecular weight is 306 g/mol. The highest BCUT2D eigenvalue weighted by molar-refractivity contribution is 5.68. The number of hydrogen-bond donors (Lipinski definition) is 2. The van der Waals surface area contributed by atoms with Crippen molar-refractivity contribution in [3.05, 3.63) is 29.8 Å². The molecule has 1 rings (SSSR count). The summed E-state index contributed by atoms with van der Waals surface area (Å²) in [6.07, 6.45) is 0.670. The molecule has 4 nitrogen and oxygen atoms in total. The molecule has 124 valence electrons. The third-order valence-corrected chi connectivity index (χ3v) is 3.42. The van der Waals surface area contributed by atoms with Crippen LogP contribution in [0.1, 0.15) is 53.5 Å².